The largest absolute Gasteiger partial charge is 0.385 e. The van der Waals surface area contributed by atoms with Gasteiger partial charge in [-0.1, -0.05) is 11.2 Å². The smallest absolute Gasteiger partial charge is 0.258 e. The molecule has 1 saturated heterocycles. The second-order valence-electron chi connectivity index (χ2n) is 5.97. The normalized spacial score (nSPS) is 24.6. The summed E-state index contributed by atoms with van der Waals surface area (Å²) in [6.07, 6.45) is 4.17. The van der Waals surface area contributed by atoms with Crippen molar-refractivity contribution < 1.29 is 9.26 Å². The molecule has 2 aliphatic heterocycles. The molecule has 1 atom stereocenters. The first-order chi connectivity index (χ1) is 10.3. The van der Waals surface area contributed by atoms with Gasteiger partial charge in [0, 0.05) is 24.4 Å². The van der Waals surface area contributed by atoms with Crippen molar-refractivity contribution in [3.63, 3.8) is 0 Å². The molecule has 5 heteroatoms. The van der Waals surface area contributed by atoms with Crippen molar-refractivity contribution in [1.82, 2.24) is 10.1 Å². The lowest BCUT2D eigenvalue weighted by atomic mass is 9.97. The van der Waals surface area contributed by atoms with Crippen molar-refractivity contribution in [2.24, 2.45) is 0 Å². The van der Waals surface area contributed by atoms with Gasteiger partial charge in [0.15, 0.2) is 0 Å². The third-order valence-corrected chi connectivity index (χ3v) is 4.44. The number of anilines is 1. The Morgan fingerprint density at radius 3 is 3.10 bits per heavy atom. The van der Waals surface area contributed by atoms with Crippen LogP contribution in [0.25, 0.3) is 11.5 Å². The molecule has 0 amide bonds. The third-order valence-electron chi connectivity index (χ3n) is 4.44. The van der Waals surface area contributed by atoms with Crippen molar-refractivity contribution in [2.45, 2.75) is 38.2 Å². The van der Waals surface area contributed by atoms with Crippen LogP contribution in [-0.2, 0) is 16.8 Å². The molecule has 0 saturated carbocycles. The van der Waals surface area contributed by atoms with E-state index in [-0.39, 0.29) is 0 Å². The number of nitrogens with one attached hydrogen (secondary N) is 1. The van der Waals surface area contributed by atoms with E-state index in [1.54, 1.807) is 0 Å². The van der Waals surface area contributed by atoms with Gasteiger partial charge in [-0.15, -0.1) is 0 Å². The summed E-state index contributed by atoms with van der Waals surface area (Å²) >= 11 is 0. The number of fused-ring (bicyclic) bond motifs is 1. The van der Waals surface area contributed by atoms with Gasteiger partial charge in [0.05, 0.1) is 0 Å². The molecule has 3 heterocycles. The average molecular weight is 285 g/mol. The Balaban J connectivity index is 1.73. The zero-order valence-corrected chi connectivity index (χ0v) is 12.2. The number of benzene rings is 1. The van der Waals surface area contributed by atoms with Crippen LogP contribution in [-0.4, -0.2) is 23.3 Å². The van der Waals surface area contributed by atoms with Gasteiger partial charge < -0.3 is 14.6 Å². The summed E-state index contributed by atoms with van der Waals surface area (Å²) in [5, 5.41) is 7.59. The summed E-state index contributed by atoms with van der Waals surface area (Å²) in [6.45, 7) is 3.83. The molecule has 2 aromatic rings. The van der Waals surface area contributed by atoms with E-state index in [0.717, 1.165) is 44.4 Å². The minimum absolute atomic E-state index is 0.394. The highest BCUT2D eigenvalue weighted by Crippen LogP contribution is 2.36. The van der Waals surface area contributed by atoms with Crippen molar-refractivity contribution in [3.05, 3.63) is 29.6 Å². The van der Waals surface area contributed by atoms with Crippen LogP contribution in [0.15, 0.2) is 22.7 Å². The van der Waals surface area contributed by atoms with E-state index in [0.29, 0.717) is 11.7 Å². The van der Waals surface area contributed by atoms with Gasteiger partial charge in [-0.25, -0.2) is 0 Å². The van der Waals surface area contributed by atoms with Crippen LogP contribution in [0, 0.1) is 0 Å². The van der Waals surface area contributed by atoms with Gasteiger partial charge in [-0.2, -0.15) is 4.98 Å². The maximum atomic E-state index is 5.79. The Morgan fingerprint density at radius 2 is 2.24 bits per heavy atom. The summed E-state index contributed by atoms with van der Waals surface area (Å²) in [5.41, 5.74) is 3.10. The van der Waals surface area contributed by atoms with Crippen molar-refractivity contribution in [3.8, 4) is 11.5 Å². The third kappa shape index (κ3) is 2.12. The van der Waals surface area contributed by atoms with Gasteiger partial charge in [-0.05, 0) is 50.3 Å². The molecule has 0 radical (unpaired) electrons. The second-order valence-corrected chi connectivity index (χ2v) is 5.97. The fraction of sp³-hybridized carbons (Fsp3) is 0.500. The minimum atomic E-state index is -0.394. The number of ether oxygens (including phenoxy) is 1. The van der Waals surface area contributed by atoms with Crippen LogP contribution in [0.5, 0.6) is 0 Å². The maximum Gasteiger partial charge on any atom is 0.258 e. The first-order valence-electron chi connectivity index (χ1n) is 7.60. The molecule has 110 valence electrons. The lowest BCUT2D eigenvalue weighted by molar-refractivity contribution is 0.00768. The second kappa shape index (κ2) is 4.84. The van der Waals surface area contributed by atoms with Crippen LogP contribution in [0.1, 0.15) is 37.6 Å². The summed E-state index contributed by atoms with van der Waals surface area (Å²) in [7, 11) is 0. The highest BCUT2D eigenvalue weighted by atomic mass is 16.5. The quantitative estimate of drug-likeness (QED) is 0.918. The monoisotopic (exact) mass is 285 g/mol. The Bertz CT molecular complexity index is 659. The lowest BCUT2D eigenvalue weighted by Crippen LogP contribution is -2.21. The highest BCUT2D eigenvalue weighted by Gasteiger charge is 2.37. The molecule has 1 unspecified atom stereocenters. The molecular weight excluding hydrogens is 266 g/mol. The summed E-state index contributed by atoms with van der Waals surface area (Å²) < 4.78 is 11.3. The fourth-order valence-corrected chi connectivity index (χ4v) is 3.21. The van der Waals surface area contributed by atoms with E-state index in [2.05, 4.69) is 27.6 Å². The molecule has 1 aromatic carbocycles. The number of rotatable bonds is 2. The molecular formula is C16H19N3O2. The first kappa shape index (κ1) is 12.8. The molecule has 1 fully saturated rings. The number of aromatic nitrogens is 2. The van der Waals surface area contributed by atoms with Crippen LogP contribution in [0.4, 0.5) is 5.69 Å². The highest BCUT2D eigenvalue weighted by molar-refractivity contribution is 5.69. The molecule has 21 heavy (non-hydrogen) atoms. The Kier molecular flexibility index (Phi) is 2.96. The molecule has 0 bridgehead atoms. The summed E-state index contributed by atoms with van der Waals surface area (Å²) in [4.78, 5) is 4.61. The van der Waals surface area contributed by atoms with E-state index in [4.69, 9.17) is 9.26 Å². The standard InChI is InChI=1S/C16H19N3O2/c1-16(8-4-10-20-16)15-18-14(21-19-15)12-5-2-7-13-11(12)6-3-9-17-13/h2,5,7,17H,3-4,6,8-10H2,1H3. The first-order valence-corrected chi connectivity index (χ1v) is 7.60. The predicted octanol–water partition coefficient (Wildman–Crippen LogP) is 3.12. The number of hydrogen-bond acceptors (Lipinski definition) is 5. The number of hydrogen-bond donors (Lipinski definition) is 1. The van der Waals surface area contributed by atoms with E-state index in [9.17, 15) is 0 Å². The molecule has 2 aliphatic rings. The Hall–Kier alpha value is -1.88. The van der Waals surface area contributed by atoms with Gasteiger partial charge in [0.2, 0.25) is 5.82 Å². The average Bonchev–Trinajstić information content (AvgIpc) is 3.16. The molecule has 5 nitrogen and oxygen atoms in total. The topological polar surface area (TPSA) is 60.2 Å². The minimum Gasteiger partial charge on any atom is -0.385 e. The lowest BCUT2D eigenvalue weighted by Gasteiger charge is -2.19. The Labute approximate surface area is 123 Å². The molecule has 1 aromatic heterocycles. The number of nitrogens with zero attached hydrogens (tertiary/aromatic N) is 2. The fourth-order valence-electron chi connectivity index (χ4n) is 3.21. The molecule has 4 rings (SSSR count). The van der Waals surface area contributed by atoms with Gasteiger partial charge >= 0.3 is 0 Å². The maximum absolute atomic E-state index is 5.79. The van der Waals surface area contributed by atoms with Crippen LogP contribution in [0.3, 0.4) is 0 Å². The van der Waals surface area contributed by atoms with E-state index < -0.39 is 5.60 Å². The van der Waals surface area contributed by atoms with E-state index >= 15 is 0 Å². The Morgan fingerprint density at radius 1 is 1.29 bits per heavy atom. The predicted molar refractivity (Wildman–Crippen MR) is 79.1 cm³/mol. The van der Waals surface area contributed by atoms with Crippen molar-refractivity contribution >= 4 is 5.69 Å². The zero-order chi connectivity index (χ0) is 14.3. The van der Waals surface area contributed by atoms with E-state index in [1.165, 1.54) is 11.3 Å². The van der Waals surface area contributed by atoms with E-state index in [1.807, 2.05) is 13.0 Å². The van der Waals surface area contributed by atoms with Crippen LogP contribution in [0.2, 0.25) is 0 Å². The van der Waals surface area contributed by atoms with Gasteiger partial charge in [0.1, 0.15) is 5.60 Å². The van der Waals surface area contributed by atoms with Crippen molar-refractivity contribution in [1.29, 1.82) is 0 Å². The molecule has 0 aliphatic carbocycles. The molecule has 1 N–H and O–H groups in total. The van der Waals surface area contributed by atoms with Gasteiger partial charge in [-0.3, -0.25) is 0 Å². The van der Waals surface area contributed by atoms with Crippen LogP contribution >= 0.6 is 0 Å². The van der Waals surface area contributed by atoms with Gasteiger partial charge in [0.25, 0.3) is 5.89 Å². The van der Waals surface area contributed by atoms with Crippen molar-refractivity contribution in [2.75, 3.05) is 18.5 Å². The summed E-state index contributed by atoms with van der Waals surface area (Å²) in [6, 6.07) is 6.20. The summed E-state index contributed by atoms with van der Waals surface area (Å²) in [5.74, 6) is 1.26. The SMILES string of the molecule is CC1(c2noc(-c3cccc4c3CCCN4)n2)CCCO1. The zero-order valence-electron chi connectivity index (χ0n) is 12.2. The molecule has 0 spiro atoms. The van der Waals surface area contributed by atoms with Crippen LogP contribution < -0.4 is 5.32 Å².